The maximum Gasteiger partial charge on any atom is 0.257 e. The second-order valence-corrected chi connectivity index (χ2v) is 7.69. The van der Waals surface area contributed by atoms with Gasteiger partial charge in [0.25, 0.3) is 5.91 Å². The molecule has 0 atom stereocenters. The standard InChI is InChI=1S/C24H21N3O2S/c1-14-5-4-6-18(11-14)22(28)27-24(30)25-19-9-7-17(8-10-19)23-26-20-12-15(2)16(3)13-21(20)29-23/h4-13H,1-3H3,(H2,25,27,28,30). The Morgan fingerprint density at radius 3 is 2.43 bits per heavy atom. The van der Waals surface area contributed by atoms with Crippen molar-refractivity contribution in [1.82, 2.24) is 10.3 Å². The highest BCUT2D eigenvalue weighted by Crippen LogP contribution is 2.27. The summed E-state index contributed by atoms with van der Waals surface area (Å²) < 4.78 is 5.91. The van der Waals surface area contributed by atoms with E-state index in [2.05, 4.69) is 29.5 Å². The van der Waals surface area contributed by atoms with Crippen molar-refractivity contribution in [3.8, 4) is 11.5 Å². The normalized spacial score (nSPS) is 10.8. The first kappa shape index (κ1) is 19.8. The number of hydrogen-bond donors (Lipinski definition) is 2. The van der Waals surface area contributed by atoms with Crippen LogP contribution in [0.2, 0.25) is 0 Å². The van der Waals surface area contributed by atoms with Crippen LogP contribution in [-0.2, 0) is 0 Å². The zero-order chi connectivity index (χ0) is 21.3. The lowest BCUT2D eigenvalue weighted by atomic mass is 10.1. The van der Waals surface area contributed by atoms with E-state index in [4.69, 9.17) is 16.6 Å². The summed E-state index contributed by atoms with van der Waals surface area (Å²) in [5.74, 6) is 0.321. The Labute approximate surface area is 180 Å². The second kappa shape index (κ2) is 8.08. The number of rotatable bonds is 3. The molecule has 0 fully saturated rings. The highest BCUT2D eigenvalue weighted by molar-refractivity contribution is 7.80. The van der Waals surface area contributed by atoms with Crippen LogP contribution in [-0.4, -0.2) is 16.0 Å². The second-order valence-electron chi connectivity index (χ2n) is 7.28. The van der Waals surface area contributed by atoms with Crippen LogP contribution in [0.15, 0.2) is 65.1 Å². The van der Waals surface area contributed by atoms with E-state index in [0.29, 0.717) is 11.5 Å². The number of aromatic nitrogens is 1. The van der Waals surface area contributed by atoms with Gasteiger partial charge in [-0.15, -0.1) is 0 Å². The predicted octanol–water partition coefficient (Wildman–Crippen LogP) is 5.55. The van der Waals surface area contributed by atoms with Crippen LogP contribution >= 0.6 is 12.2 Å². The maximum atomic E-state index is 12.3. The van der Waals surface area contributed by atoms with Crippen LogP contribution in [0.5, 0.6) is 0 Å². The van der Waals surface area contributed by atoms with E-state index < -0.39 is 0 Å². The highest BCUT2D eigenvalue weighted by Gasteiger charge is 2.11. The minimum absolute atomic E-state index is 0.238. The van der Waals surface area contributed by atoms with Crippen LogP contribution in [0.3, 0.4) is 0 Å². The van der Waals surface area contributed by atoms with Crippen LogP contribution in [0.25, 0.3) is 22.6 Å². The third-order valence-electron chi connectivity index (χ3n) is 4.90. The Bertz CT molecular complexity index is 1220. The largest absolute Gasteiger partial charge is 0.436 e. The molecule has 6 heteroatoms. The molecular weight excluding hydrogens is 394 g/mol. The van der Waals surface area contributed by atoms with Crippen molar-refractivity contribution in [3.63, 3.8) is 0 Å². The molecule has 0 saturated carbocycles. The average molecular weight is 416 g/mol. The van der Waals surface area contributed by atoms with Gasteiger partial charge >= 0.3 is 0 Å². The Balaban J connectivity index is 1.44. The molecular formula is C24H21N3O2S. The molecule has 3 aromatic carbocycles. The molecule has 1 amide bonds. The molecule has 0 radical (unpaired) electrons. The number of oxazole rings is 1. The van der Waals surface area contributed by atoms with Gasteiger partial charge in [0, 0.05) is 16.8 Å². The van der Waals surface area contributed by atoms with Gasteiger partial charge in [-0.3, -0.25) is 10.1 Å². The monoisotopic (exact) mass is 415 g/mol. The van der Waals surface area contributed by atoms with E-state index in [1.807, 2.05) is 61.5 Å². The number of nitrogens with one attached hydrogen (secondary N) is 2. The molecule has 0 bridgehead atoms. The minimum Gasteiger partial charge on any atom is -0.436 e. The topological polar surface area (TPSA) is 67.2 Å². The first-order valence-corrected chi connectivity index (χ1v) is 9.97. The lowest BCUT2D eigenvalue weighted by Crippen LogP contribution is -2.34. The van der Waals surface area contributed by atoms with Crippen molar-refractivity contribution in [1.29, 1.82) is 0 Å². The zero-order valence-corrected chi connectivity index (χ0v) is 17.8. The molecule has 4 aromatic rings. The minimum atomic E-state index is -0.245. The predicted molar refractivity (Wildman–Crippen MR) is 124 cm³/mol. The van der Waals surface area contributed by atoms with Gasteiger partial charge < -0.3 is 9.73 Å². The van der Waals surface area contributed by atoms with Crippen LogP contribution in [0, 0.1) is 20.8 Å². The quantitative estimate of drug-likeness (QED) is 0.430. The molecule has 0 aliphatic carbocycles. The molecule has 150 valence electrons. The van der Waals surface area contributed by atoms with E-state index in [1.54, 1.807) is 6.07 Å². The van der Waals surface area contributed by atoms with Gasteiger partial charge in [0.2, 0.25) is 5.89 Å². The highest BCUT2D eigenvalue weighted by atomic mass is 32.1. The van der Waals surface area contributed by atoms with E-state index in [1.165, 1.54) is 11.1 Å². The maximum absolute atomic E-state index is 12.3. The molecule has 1 aromatic heterocycles. The lowest BCUT2D eigenvalue weighted by Gasteiger charge is -2.10. The summed E-state index contributed by atoms with van der Waals surface area (Å²) in [5.41, 5.74) is 7.18. The Morgan fingerprint density at radius 1 is 0.967 bits per heavy atom. The summed E-state index contributed by atoms with van der Waals surface area (Å²) in [6, 6.07) is 18.9. The molecule has 0 aliphatic heterocycles. The van der Waals surface area contributed by atoms with Crippen molar-refractivity contribution in [2.45, 2.75) is 20.8 Å². The van der Waals surface area contributed by atoms with Crippen molar-refractivity contribution >= 4 is 40.0 Å². The van der Waals surface area contributed by atoms with Crippen LogP contribution in [0.1, 0.15) is 27.0 Å². The summed E-state index contributed by atoms with van der Waals surface area (Å²) in [7, 11) is 0. The molecule has 0 saturated heterocycles. The summed E-state index contributed by atoms with van der Waals surface area (Å²) in [6.07, 6.45) is 0. The SMILES string of the molecule is Cc1cccc(C(=O)NC(=S)Nc2ccc(-c3nc4cc(C)c(C)cc4o3)cc2)c1. The molecule has 30 heavy (non-hydrogen) atoms. The van der Waals surface area contributed by atoms with Gasteiger partial charge in [-0.2, -0.15) is 0 Å². The molecule has 2 N–H and O–H groups in total. The third kappa shape index (κ3) is 4.23. The van der Waals surface area contributed by atoms with Crippen LogP contribution < -0.4 is 10.6 Å². The van der Waals surface area contributed by atoms with Crippen molar-refractivity contribution in [3.05, 3.63) is 82.9 Å². The van der Waals surface area contributed by atoms with Gasteiger partial charge in [-0.05, 0) is 92.6 Å². The average Bonchev–Trinajstić information content (AvgIpc) is 3.11. The van der Waals surface area contributed by atoms with E-state index in [0.717, 1.165) is 27.9 Å². The van der Waals surface area contributed by atoms with Crippen molar-refractivity contribution in [2.24, 2.45) is 0 Å². The molecule has 5 nitrogen and oxygen atoms in total. The zero-order valence-electron chi connectivity index (χ0n) is 16.9. The number of thiocarbonyl (C=S) groups is 1. The van der Waals surface area contributed by atoms with Crippen molar-refractivity contribution in [2.75, 3.05) is 5.32 Å². The number of anilines is 1. The fourth-order valence-electron chi connectivity index (χ4n) is 3.12. The number of aryl methyl sites for hydroxylation is 3. The third-order valence-corrected chi connectivity index (χ3v) is 5.11. The van der Waals surface area contributed by atoms with E-state index >= 15 is 0 Å². The van der Waals surface area contributed by atoms with Gasteiger partial charge in [0.1, 0.15) is 5.52 Å². The Morgan fingerprint density at radius 2 is 1.70 bits per heavy atom. The summed E-state index contributed by atoms with van der Waals surface area (Å²) in [5, 5.41) is 5.96. The van der Waals surface area contributed by atoms with Gasteiger partial charge in [-0.25, -0.2) is 4.98 Å². The smallest absolute Gasteiger partial charge is 0.257 e. The number of benzene rings is 3. The molecule has 0 unspecified atom stereocenters. The van der Waals surface area contributed by atoms with Gasteiger partial charge in [0.05, 0.1) is 0 Å². The number of amides is 1. The fourth-order valence-corrected chi connectivity index (χ4v) is 3.33. The summed E-state index contributed by atoms with van der Waals surface area (Å²) >= 11 is 5.27. The number of carbonyl (C=O) groups excluding carboxylic acids is 1. The number of hydrogen-bond acceptors (Lipinski definition) is 4. The van der Waals surface area contributed by atoms with E-state index in [-0.39, 0.29) is 11.0 Å². The summed E-state index contributed by atoms with van der Waals surface area (Å²) in [6.45, 7) is 6.05. The summed E-state index contributed by atoms with van der Waals surface area (Å²) in [4.78, 5) is 16.9. The lowest BCUT2D eigenvalue weighted by molar-refractivity contribution is 0.0977. The number of carbonyl (C=O) groups is 1. The first-order chi connectivity index (χ1) is 14.4. The molecule has 0 spiro atoms. The van der Waals surface area contributed by atoms with Gasteiger partial charge in [-0.1, -0.05) is 17.7 Å². The molecule has 0 aliphatic rings. The Kier molecular flexibility index (Phi) is 5.33. The molecule has 1 heterocycles. The first-order valence-electron chi connectivity index (χ1n) is 9.56. The number of fused-ring (bicyclic) bond motifs is 1. The fraction of sp³-hybridized carbons (Fsp3) is 0.125. The number of nitrogens with zero attached hydrogens (tertiary/aromatic N) is 1. The van der Waals surface area contributed by atoms with Crippen LogP contribution in [0.4, 0.5) is 5.69 Å². The Hall–Kier alpha value is -3.51. The van der Waals surface area contributed by atoms with Crippen molar-refractivity contribution < 1.29 is 9.21 Å². The van der Waals surface area contributed by atoms with E-state index in [9.17, 15) is 4.79 Å². The molecule has 4 rings (SSSR count). The van der Waals surface area contributed by atoms with Gasteiger partial charge in [0.15, 0.2) is 10.7 Å².